The average Bonchev–Trinajstić information content (AvgIpc) is 3.57. The van der Waals surface area contributed by atoms with Crippen molar-refractivity contribution in [3.05, 3.63) is 131 Å². The molecule has 0 fully saturated rings. The monoisotopic (exact) mass is 713 g/mol. The maximum absolute atomic E-state index is 13.9. The summed E-state index contributed by atoms with van der Waals surface area (Å²) in [6, 6.07) is 19.9. The summed E-state index contributed by atoms with van der Waals surface area (Å²) in [6.07, 6.45) is 3.30. The van der Waals surface area contributed by atoms with Gasteiger partial charge in [-0.25, -0.2) is 9.18 Å². The summed E-state index contributed by atoms with van der Waals surface area (Å²) < 4.78 is 19.6. The van der Waals surface area contributed by atoms with E-state index in [2.05, 4.69) is 21.4 Å². The van der Waals surface area contributed by atoms with E-state index in [-0.39, 0.29) is 25.2 Å². The van der Waals surface area contributed by atoms with Crippen LogP contribution in [0.1, 0.15) is 56.4 Å². The standard InChI is InChI=1S/C39H44FN5O7/c1-24(2)35(44-38(49)32-22-25(3)52-45-32)39(50)43-31(23-26-14-16-29(40)17-15-26)37(48)42-30(18-20-33(41)46)19-21-34(47)51-36(27-10-6-4-7-11-27)28-12-8-5-9-13-28/h4-17,19,21-22,24,30-32,35-36,45H,18,20,23H2,1-3H3,(H2,41,46)(H,42,48)(H,43,50)(H,44,49)/b21-19+/t30-,31-,32?,35+/m0/s1. The Labute approximate surface area is 302 Å². The van der Waals surface area contributed by atoms with Gasteiger partial charge in [0, 0.05) is 25.0 Å². The topological polar surface area (TPSA) is 178 Å². The molecule has 6 N–H and O–H groups in total. The summed E-state index contributed by atoms with van der Waals surface area (Å²) in [5.74, 6) is -3.47. The van der Waals surface area contributed by atoms with Gasteiger partial charge in [-0.3, -0.25) is 19.2 Å². The molecule has 4 atom stereocenters. The quantitative estimate of drug-likeness (QED) is 0.104. The van der Waals surface area contributed by atoms with Crippen LogP contribution in [0.2, 0.25) is 0 Å². The average molecular weight is 714 g/mol. The molecule has 3 aromatic rings. The number of esters is 1. The number of nitrogens with one attached hydrogen (secondary N) is 4. The van der Waals surface area contributed by atoms with Crippen molar-refractivity contribution in [2.24, 2.45) is 11.7 Å². The summed E-state index contributed by atoms with van der Waals surface area (Å²) in [6.45, 7) is 5.15. The number of nitrogens with two attached hydrogens (primary N) is 1. The number of halogens is 1. The van der Waals surface area contributed by atoms with Crippen LogP contribution in [-0.4, -0.2) is 53.8 Å². The minimum atomic E-state index is -1.21. The fourth-order valence-corrected chi connectivity index (χ4v) is 5.43. The molecule has 52 heavy (non-hydrogen) atoms. The molecule has 1 aliphatic heterocycles. The third-order valence-corrected chi connectivity index (χ3v) is 8.20. The second-order valence-electron chi connectivity index (χ2n) is 12.7. The fourth-order valence-electron chi connectivity index (χ4n) is 5.43. The van der Waals surface area contributed by atoms with Crippen molar-refractivity contribution in [1.82, 2.24) is 21.4 Å². The van der Waals surface area contributed by atoms with Crippen LogP contribution in [0.25, 0.3) is 0 Å². The van der Waals surface area contributed by atoms with Gasteiger partial charge in [0.05, 0.1) is 0 Å². The Morgan fingerprint density at radius 1 is 0.885 bits per heavy atom. The van der Waals surface area contributed by atoms with Gasteiger partial charge < -0.3 is 31.3 Å². The van der Waals surface area contributed by atoms with Crippen LogP contribution in [-0.2, 0) is 40.0 Å². The van der Waals surface area contributed by atoms with Crippen molar-refractivity contribution in [1.29, 1.82) is 0 Å². The molecular formula is C39H44FN5O7. The summed E-state index contributed by atoms with van der Waals surface area (Å²) in [7, 11) is 0. The largest absolute Gasteiger partial charge is 0.449 e. The minimum Gasteiger partial charge on any atom is -0.449 e. The molecule has 1 heterocycles. The van der Waals surface area contributed by atoms with Gasteiger partial charge >= 0.3 is 5.97 Å². The van der Waals surface area contributed by atoms with Crippen molar-refractivity contribution < 1.29 is 37.9 Å². The molecule has 1 unspecified atom stereocenters. The second kappa shape index (κ2) is 19.0. The van der Waals surface area contributed by atoms with Crippen LogP contribution in [0.3, 0.4) is 0 Å². The first-order chi connectivity index (χ1) is 24.9. The molecule has 0 spiro atoms. The predicted molar refractivity (Wildman–Crippen MR) is 191 cm³/mol. The molecule has 0 aromatic heterocycles. The number of allylic oxidation sites excluding steroid dienone is 1. The summed E-state index contributed by atoms with van der Waals surface area (Å²) >= 11 is 0. The Bertz CT molecular complexity index is 1710. The smallest absolute Gasteiger partial charge is 0.331 e. The van der Waals surface area contributed by atoms with Gasteiger partial charge in [0.1, 0.15) is 29.7 Å². The normalized spacial score (nSPS) is 15.7. The Balaban J connectivity index is 1.53. The van der Waals surface area contributed by atoms with Gasteiger partial charge in [-0.1, -0.05) is 92.7 Å². The Morgan fingerprint density at radius 2 is 1.50 bits per heavy atom. The van der Waals surface area contributed by atoms with Crippen LogP contribution in [0.15, 0.2) is 109 Å². The van der Waals surface area contributed by atoms with Crippen molar-refractivity contribution >= 4 is 29.6 Å². The van der Waals surface area contributed by atoms with Crippen LogP contribution in [0.5, 0.6) is 0 Å². The SMILES string of the molecule is CC1=CC(C(=O)N[C@@H](C(=O)N[C@@H](Cc2ccc(F)cc2)C(=O)N[C@H](/C=C/C(=O)OC(c2ccccc2)c2ccccc2)CCC(N)=O)C(C)C)NO1. The number of rotatable bonds is 17. The van der Waals surface area contributed by atoms with Crippen LogP contribution in [0.4, 0.5) is 4.39 Å². The molecule has 3 aromatic carbocycles. The van der Waals surface area contributed by atoms with E-state index < -0.39 is 65.7 Å². The minimum absolute atomic E-state index is 0.0386. The Kier molecular flexibility index (Phi) is 14.2. The van der Waals surface area contributed by atoms with Gasteiger partial charge in [-0.2, -0.15) is 0 Å². The molecule has 4 amide bonds. The number of carbonyl (C=O) groups is 5. The van der Waals surface area contributed by atoms with Gasteiger partial charge in [0.2, 0.25) is 23.6 Å². The first-order valence-electron chi connectivity index (χ1n) is 16.9. The molecule has 13 heteroatoms. The molecule has 0 radical (unpaired) electrons. The lowest BCUT2D eigenvalue weighted by atomic mass is 10.00. The molecule has 274 valence electrons. The highest BCUT2D eigenvalue weighted by molar-refractivity contribution is 5.94. The zero-order valence-corrected chi connectivity index (χ0v) is 29.2. The highest BCUT2D eigenvalue weighted by Gasteiger charge is 2.32. The molecule has 4 rings (SSSR count). The number of benzene rings is 3. The van der Waals surface area contributed by atoms with Gasteiger partial charge in [0.25, 0.3) is 0 Å². The number of hydroxylamine groups is 1. The summed E-state index contributed by atoms with van der Waals surface area (Å²) in [5.41, 5.74) is 10.0. The number of primary amides is 1. The van der Waals surface area contributed by atoms with Gasteiger partial charge in [-0.05, 0) is 54.2 Å². The number of hydrogen-bond donors (Lipinski definition) is 5. The van der Waals surface area contributed by atoms with Crippen molar-refractivity contribution in [3.63, 3.8) is 0 Å². The highest BCUT2D eigenvalue weighted by Crippen LogP contribution is 2.26. The molecule has 0 aliphatic carbocycles. The first-order valence-corrected chi connectivity index (χ1v) is 16.9. The summed E-state index contributed by atoms with van der Waals surface area (Å²) in [5, 5.41) is 8.22. The molecule has 0 bridgehead atoms. The van der Waals surface area contributed by atoms with Crippen LogP contribution >= 0.6 is 0 Å². The Hall–Kier alpha value is -5.82. The van der Waals surface area contributed by atoms with E-state index in [4.69, 9.17) is 15.3 Å². The summed E-state index contributed by atoms with van der Waals surface area (Å²) in [4.78, 5) is 70.4. The third kappa shape index (κ3) is 11.9. The molecule has 0 saturated heterocycles. The highest BCUT2D eigenvalue weighted by atomic mass is 19.1. The van der Waals surface area contributed by atoms with E-state index in [1.807, 2.05) is 60.7 Å². The van der Waals surface area contributed by atoms with Gasteiger partial charge in [-0.15, -0.1) is 5.48 Å². The van der Waals surface area contributed by atoms with Crippen LogP contribution < -0.4 is 27.2 Å². The number of ether oxygens (including phenoxy) is 1. The molecular weight excluding hydrogens is 669 g/mol. The van der Waals surface area contributed by atoms with Crippen molar-refractivity contribution in [3.8, 4) is 0 Å². The molecule has 12 nitrogen and oxygen atoms in total. The lowest BCUT2D eigenvalue weighted by Gasteiger charge is -2.27. The van der Waals surface area contributed by atoms with Crippen molar-refractivity contribution in [2.75, 3.05) is 0 Å². The van der Waals surface area contributed by atoms with Crippen LogP contribution in [0, 0.1) is 11.7 Å². The maximum Gasteiger partial charge on any atom is 0.331 e. The zero-order chi connectivity index (χ0) is 37.6. The Morgan fingerprint density at radius 3 is 2.04 bits per heavy atom. The van der Waals surface area contributed by atoms with E-state index in [1.54, 1.807) is 26.8 Å². The zero-order valence-electron chi connectivity index (χ0n) is 29.2. The third-order valence-electron chi connectivity index (χ3n) is 8.20. The first kappa shape index (κ1) is 39.0. The van der Waals surface area contributed by atoms with Gasteiger partial charge in [0.15, 0.2) is 6.10 Å². The number of carbonyl (C=O) groups excluding carboxylic acids is 5. The molecule has 1 aliphatic rings. The van der Waals surface area contributed by atoms with E-state index >= 15 is 0 Å². The van der Waals surface area contributed by atoms with E-state index in [0.29, 0.717) is 11.3 Å². The second-order valence-corrected chi connectivity index (χ2v) is 12.7. The lowest BCUT2D eigenvalue weighted by Crippen LogP contribution is -2.58. The number of hydrogen-bond acceptors (Lipinski definition) is 8. The van der Waals surface area contributed by atoms with E-state index in [0.717, 1.165) is 11.1 Å². The van der Waals surface area contributed by atoms with E-state index in [9.17, 15) is 28.4 Å². The molecule has 0 saturated carbocycles. The van der Waals surface area contributed by atoms with Crippen molar-refractivity contribution in [2.45, 2.75) is 70.3 Å². The predicted octanol–water partition coefficient (Wildman–Crippen LogP) is 3.44. The lowest BCUT2D eigenvalue weighted by molar-refractivity contribution is -0.141. The maximum atomic E-state index is 13.9. The fraction of sp³-hybridized carbons (Fsp3) is 0.308. The number of amides is 4. The van der Waals surface area contributed by atoms with E-state index in [1.165, 1.54) is 36.4 Å².